The molecule has 2 atom stereocenters. The predicted octanol–water partition coefficient (Wildman–Crippen LogP) is 2.02. The lowest BCUT2D eigenvalue weighted by Crippen LogP contribution is -2.46. The lowest BCUT2D eigenvalue weighted by atomic mass is 10.0. The van der Waals surface area contributed by atoms with Crippen LogP contribution in [-0.4, -0.2) is 39.0 Å². The van der Waals surface area contributed by atoms with E-state index in [1.807, 2.05) is 7.05 Å². The van der Waals surface area contributed by atoms with Gasteiger partial charge in [-0.25, -0.2) is 4.39 Å². The Hall–Kier alpha value is -0.680. The van der Waals surface area contributed by atoms with Gasteiger partial charge in [0.05, 0.1) is 25.9 Å². The maximum atomic E-state index is 13.7. The van der Waals surface area contributed by atoms with E-state index >= 15 is 0 Å². The Morgan fingerprint density at radius 1 is 1.50 bits per heavy atom. The van der Waals surface area contributed by atoms with Crippen LogP contribution >= 0.6 is 11.6 Å². The largest absolute Gasteiger partial charge is 0.376 e. The quantitative estimate of drug-likeness (QED) is 0.911. The van der Waals surface area contributed by atoms with Gasteiger partial charge in [0.15, 0.2) is 0 Å². The molecule has 1 fully saturated rings. The zero-order valence-electron chi connectivity index (χ0n) is 10.3. The fourth-order valence-corrected chi connectivity index (χ4v) is 2.35. The molecule has 0 aliphatic carbocycles. The van der Waals surface area contributed by atoms with E-state index in [4.69, 9.17) is 21.1 Å². The average Bonchev–Trinajstić information content (AvgIpc) is 2.40. The normalized spacial score (nSPS) is 21.8. The number of hydrogen-bond donors (Lipinski definition) is 1. The third-order valence-corrected chi connectivity index (χ3v) is 3.50. The molecule has 0 radical (unpaired) electrons. The second kappa shape index (κ2) is 6.48. The molecular weight excluding hydrogens is 257 g/mol. The van der Waals surface area contributed by atoms with Crippen molar-refractivity contribution in [3.63, 3.8) is 0 Å². The number of nitrogens with one attached hydrogen (secondary N) is 1. The van der Waals surface area contributed by atoms with E-state index in [0.29, 0.717) is 36.8 Å². The molecule has 18 heavy (non-hydrogen) atoms. The Kier molecular flexibility index (Phi) is 4.95. The minimum Gasteiger partial charge on any atom is -0.376 e. The molecule has 1 aliphatic heterocycles. The standard InChI is InChI=1S/C13H17ClFNO2/c1-16-12(13-8-17-5-6-18-13)7-9-10(14)3-2-4-11(9)15/h2-4,12-13,16H,5-8H2,1H3. The van der Waals surface area contributed by atoms with Crippen LogP contribution in [0.4, 0.5) is 4.39 Å². The van der Waals surface area contributed by atoms with Crippen LogP contribution in [0.3, 0.4) is 0 Å². The first-order chi connectivity index (χ1) is 8.72. The number of hydrogen-bond acceptors (Lipinski definition) is 3. The van der Waals surface area contributed by atoms with Gasteiger partial charge < -0.3 is 14.8 Å². The molecule has 1 heterocycles. The van der Waals surface area contributed by atoms with E-state index in [0.717, 1.165) is 0 Å². The SMILES string of the molecule is CNC(Cc1c(F)cccc1Cl)C1COCCO1. The van der Waals surface area contributed by atoms with Crippen molar-refractivity contribution in [2.45, 2.75) is 18.6 Å². The van der Waals surface area contributed by atoms with Crippen molar-refractivity contribution in [2.24, 2.45) is 0 Å². The van der Waals surface area contributed by atoms with Gasteiger partial charge in [-0.3, -0.25) is 0 Å². The highest BCUT2D eigenvalue weighted by Gasteiger charge is 2.25. The maximum Gasteiger partial charge on any atom is 0.127 e. The number of rotatable bonds is 4. The molecule has 3 nitrogen and oxygen atoms in total. The fraction of sp³-hybridized carbons (Fsp3) is 0.538. The number of likely N-dealkylation sites (N-methyl/N-ethyl adjacent to an activating group) is 1. The number of halogens is 2. The topological polar surface area (TPSA) is 30.5 Å². The van der Waals surface area contributed by atoms with Crippen LogP contribution in [0.5, 0.6) is 0 Å². The molecular formula is C13H17ClFNO2. The van der Waals surface area contributed by atoms with Crippen LogP contribution in [0.25, 0.3) is 0 Å². The Labute approximate surface area is 111 Å². The van der Waals surface area contributed by atoms with E-state index in [2.05, 4.69) is 5.32 Å². The number of ether oxygens (including phenoxy) is 2. The molecule has 1 aliphatic rings. The predicted molar refractivity (Wildman–Crippen MR) is 68.5 cm³/mol. The summed E-state index contributed by atoms with van der Waals surface area (Å²) in [5.41, 5.74) is 0.521. The second-order valence-electron chi connectivity index (χ2n) is 4.28. The van der Waals surface area contributed by atoms with Crippen LogP contribution < -0.4 is 5.32 Å². The molecule has 1 aromatic rings. The van der Waals surface area contributed by atoms with Crippen molar-refractivity contribution in [3.05, 3.63) is 34.6 Å². The third-order valence-electron chi connectivity index (χ3n) is 3.15. The lowest BCUT2D eigenvalue weighted by molar-refractivity contribution is -0.100. The Bertz CT molecular complexity index is 376. The highest BCUT2D eigenvalue weighted by atomic mass is 35.5. The van der Waals surface area contributed by atoms with Crippen molar-refractivity contribution in [1.82, 2.24) is 5.32 Å². The van der Waals surface area contributed by atoms with E-state index in [1.165, 1.54) is 6.07 Å². The van der Waals surface area contributed by atoms with Crippen LogP contribution in [0.2, 0.25) is 5.02 Å². The summed E-state index contributed by atoms with van der Waals surface area (Å²) >= 11 is 6.03. The molecule has 100 valence electrons. The molecule has 0 amide bonds. The van der Waals surface area contributed by atoms with Gasteiger partial charge in [-0.15, -0.1) is 0 Å². The first-order valence-corrected chi connectivity index (χ1v) is 6.39. The van der Waals surface area contributed by atoms with Crippen LogP contribution in [-0.2, 0) is 15.9 Å². The van der Waals surface area contributed by atoms with Crippen LogP contribution in [0.1, 0.15) is 5.56 Å². The lowest BCUT2D eigenvalue weighted by Gasteiger charge is -2.30. The summed E-state index contributed by atoms with van der Waals surface area (Å²) < 4.78 is 24.7. The first-order valence-electron chi connectivity index (χ1n) is 6.02. The van der Waals surface area contributed by atoms with Gasteiger partial charge in [0.1, 0.15) is 5.82 Å². The van der Waals surface area contributed by atoms with Crippen molar-refractivity contribution in [3.8, 4) is 0 Å². The van der Waals surface area contributed by atoms with Crippen molar-refractivity contribution in [2.75, 3.05) is 26.9 Å². The van der Waals surface area contributed by atoms with Gasteiger partial charge in [0.2, 0.25) is 0 Å². The fourth-order valence-electron chi connectivity index (χ4n) is 2.10. The van der Waals surface area contributed by atoms with Gasteiger partial charge in [-0.2, -0.15) is 0 Å². The first kappa shape index (κ1) is 13.7. The molecule has 2 unspecified atom stereocenters. The molecule has 2 rings (SSSR count). The van der Waals surface area contributed by atoms with Crippen molar-refractivity contribution < 1.29 is 13.9 Å². The molecule has 1 N–H and O–H groups in total. The molecule has 0 saturated carbocycles. The van der Waals surface area contributed by atoms with E-state index < -0.39 is 0 Å². The number of benzene rings is 1. The van der Waals surface area contributed by atoms with Crippen LogP contribution in [0, 0.1) is 5.82 Å². The van der Waals surface area contributed by atoms with E-state index in [1.54, 1.807) is 12.1 Å². The zero-order chi connectivity index (χ0) is 13.0. The van der Waals surface area contributed by atoms with Gasteiger partial charge in [0, 0.05) is 16.6 Å². The zero-order valence-corrected chi connectivity index (χ0v) is 11.0. The van der Waals surface area contributed by atoms with Crippen LogP contribution in [0.15, 0.2) is 18.2 Å². The Morgan fingerprint density at radius 2 is 2.33 bits per heavy atom. The molecule has 5 heteroatoms. The summed E-state index contributed by atoms with van der Waals surface area (Å²) in [7, 11) is 1.83. The highest BCUT2D eigenvalue weighted by Crippen LogP contribution is 2.22. The van der Waals surface area contributed by atoms with Gasteiger partial charge in [-0.1, -0.05) is 17.7 Å². The molecule has 1 saturated heterocycles. The smallest absolute Gasteiger partial charge is 0.127 e. The van der Waals surface area contributed by atoms with Crippen molar-refractivity contribution >= 4 is 11.6 Å². The summed E-state index contributed by atoms with van der Waals surface area (Å²) in [5.74, 6) is -0.278. The van der Waals surface area contributed by atoms with Gasteiger partial charge >= 0.3 is 0 Å². The summed E-state index contributed by atoms with van der Waals surface area (Å²) in [6, 6.07) is 4.71. The van der Waals surface area contributed by atoms with Gasteiger partial charge in [0.25, 0.3) is 0 Å². The summed E-state index contributed by atoms with van der Waals surface area (Å²) in [5, 5.41) is 3.60. The monoisotopic (exact) mass is 273 g/mol. The van der Waals surface area contributed by atoms with E-state index in [-0.39, 0.29) is 18.0 Å². The maximum absolute atomic E-state index is 13.7. The Morgan fingerprint density at radius 3 is 2.94 bits per heavy atom. The molecule has 0 bridgehead atoms. The molecule has 0 aromatic heterocycles. The highest BCUT2D eigenvalue weighted by molar-refractivity contribution is 6.31. The van der Waals surface area contributed by atoms with E-state index in [9.17, 15) is 4.39 Å². The van der Waals surface area contributed by atoms with Crippen molar-refractivity contribution in [1.29, 1.82) is 0 Å². The molecule has 1 aromatic carbocycles. The summed E-state index contributed by atoms with van der Waals surface area (Å²) in [6.07, 6.45) is 0.412. The minimum atomic E-state index is -0.278. The molecule has 0 spiro atoms. The van der Waals surface area contributed by atoms with Gasteiger partial charge in [-0.05, 0) is 25.6 Å². The third kappa shape index (κ3) is 3.20. The second-order valence-corrected chi connectivity index (χ2v) is 4.69. The summed E-state index contributed by atoms with van der Waals surface area (Å²) in [4.78, 5) is 0. The minimum absolute atomic E-state index is 0.0142. The average molecular weight is 274 g/mol. The summed E-state index contributed by atoms with van der Waals surface area (Å²) in [6.45, 7) is 1.72. The Balaban J connectivity index is 2.09.